The number of hydrogen-bond acceptors (Lipinski definition) is 4. The average molecular weight is 495 g/mol. The maximum absolute atomic E-state index is 13.5. The molecule has 0 saturated heterocycles. The summed E-state index contributed by atoms with van der Waals surface area (Å²) in [5.74, 6) is -0.180. The number of hydrogen-bond donors (Lipinski definition) is 1. The number of nitrogens with one attached hydrogen (secondary N) is 1. The summed E-state index contributed by atoms with van der Waals surface area (Å²) in [4.78, 5) is 13.0. The van der Waals surface area contributed by atoms with Crippen LogP contribution < -0.4 is 14.4 Å². The molecule has 6 nitrogen and oxygen atoms in total. The normalized spacial score (nSPS) is 11.2. The maximum atomic E-state index is 13.5. The van der Waals surface area contributed by atoms with Crippen molar-refractivity contribution in [3.63, 3.8) is 0 Å². The number of fused-ring (bicyclic) bond motifs is 1. The van der Waals surface area contributed by atoms with Gasteiger partial charge < -0.3 is 10.1 Å². The standard InChI is InChI=1S/C26H23ClN2O4S/c1-33-25-14-13-22(27)16-24(25)29(34(31,32)23-9-3-2-4-10-23)18-26(30)28-17-19-11-12-20-7-5-6-8-21(20)15-19/h2-16H,17-18H2,1H3,(H,28,30). The summed E-state index contributed by atoms with van der Waals surface area (Å²) in [7, 11) is -2.65. The van der Waals surface area contributed by atoms with Crippen LogP contribution in [0, 0.1) is 0 Å². The maximum Gasteiger partial charge on any atom is 0.264 e. The summed E-state index contributed by atoms with van der Waals surface area (Å²) in [6.45, 7) is -0.183. The van der Waals surface area contributed by atoms with E-state index in [0.717, 1.165) is 20.6 Å². The number of carbonyl (C=O) groups excluding carboxylic acids is 1. The SMILES string of the molecule is COc1ccc(Cl)cc1N(CC(=O)NCc1ccc2ccccc2c1)S(=O)(=O)c1ccccc1. The highest BCUT2D eigenvalue weighted by Crippen LogP contribution is 2.34. The Morgan fingerprint density at radius 1 is 0.912 bits per heavy atom. The highest BCUT2D eigenvalue weighted by Gasteiger charge is 2.29. The lowest BCUT2D eigenvalue weighted by Gasteiger charge is -2.26. The second kappa shape index (κ2) is 10.2. The fraction of sp³-hybridized carbons (Fsp3) is 0.115. The second-order valence-corrected chi connectivity index (χ2v) is 9.90. The predicted molar refractivity (Wildman–Crippen MR) is 135 cm³/mol. The molecule has 0 atom stereocenters. The predicted octanol–water partition coefficient (Wildman–Crippen LogP) is 5.01. The van der Waals surface area contributed by atoms with Gasteiger partial charge in [0, 0.05) is 11.6 Å². The number of methoxy groups -OCH3 is 1. The Morgan fingerprint density at radius 3 is 2.35 bits per heavy atom. The minimum atomic E-state index is -4.08. The molecule has 0 heterocycles. The van der Waals surface area contributed by atoms with E-state index in [0.29, 0.717) is 5.02 Å². The third kappa shape index (κ3) is 5.16. The van der Waals surface area contributed by atoms with Crippen molar-refractivity contribution in [3.05, 3.63) is 102 Å². The quantitative estimate of drug-likeness (QED) is 0.373. The number of carbonyl (C=O) groups is 1. The van der Waals surface area contributed by atoms with Crippen LogP contribution >= 0.6 is 11.6 Å². The molecule has 0 unspecified atom stereocenters. The van der Waals surface area contributed by atoms with Gasteiger partial charge in [-0.1, -0.05) is 66.2 Å². The molecule has 0 aromatic heterocycles. The van der Waals surface area contributed by atoms with Crippen molar-refractivity contribution in [1.82, 2.24) is 5.32 Å². The zero-order valence-electron chi connectivity index (χ0n) is 18.4. The van der Waals surface area contributed by atoms with Gasteiger partial charge in [0.2, 0.25) is 5.91 Å². The molecule has 4 aromatic carbocycles. The van der Waals surface area contributed by atoms with Gasteiger partial charge in [0.25, 0.3) is 10.0 Å². The molecule has 0 aliphatic rings. The van der Waals surface area contributed by atoms with Crippen molar-refractivity contribution in [1.29, 1.82) is 0 Å². The van der Waals surface area contributed by atoms with E-state index in [1.165, 1.54) is 25.3 Å². The number of anilines is 1. The summed E-state index contributed by atoms with van der Waals surface area (Å²) >= 11 is 6.16. The first-order valence-corrected chi connectivity index (χ1v) is 12.4. The van der Waals surface area contributed by atoms with Gasteiger partial charge in [0.15, 0.2) is 0 Å². The fourth-order valence-corrected chi connectivity index (χ4v) is 5.22. The van der Waals surface area contributed by atoms with E-state index in [1.54, 1.807) is 30.3 Å². The molecule has 0 saturated carbocycles. The van der Waals surface area contributed by atoms with Crippen LogP contribution in [-0.4, -0.2) is 28.0 Å². The van der Waals surface area contributed by atoms with E-state index in [9.17, 15) is 13.2 Å². The molecule has 0 radical (unpaired) electrons. The molecule has 0 bridgehead atoms. The second-order valence-electron chi connectivity index (χ2n) is 7.60. The Hall–Kier alpha value is -3.55. The Balaban J connectivity index is 1.61. The van der Waals surface area contributed by atoms with E-state index in [2.05, 4.69) is 5.32 Å². The number of halogens is 1. The molecule has 174 valence electrons. The molecule has 4 rings (SSSR count). The van der Waals surface area contributed by atoms with E-state index < -0.39 is 22.5 Å². The van der Waals surface area contributed by atoms with Crippen LogP contribution in [0.3, 0.4) is 0 Å². The van der Waals surface area contributed by atoms with Crippen molar-refractivity contribution in [2.24, 2.45) is 0 Å². The first-order valence-electron chi connectivity index (χ1n) is 10.5. The summed E-state index contributed by atoms with van der Waals surface area (Å²) < 4.78 is 33.4. The number of amides is 1. The third-order valence-electron chi connectivity index (χ3n) is 5.33. The molecule has 1 amide bonds. The molecular formula is C26H23ClN2O4S. The monoisotopic (exact) mass is 494 g/mol. The lowest BCUT2D eigenvalue weighted by molar-refractivity contribution is -0.119. The van der Waals surface area contributed by atoms with Gasteiger partial charge in [-0.15, -0.1) is 0 Å². The zero-order valence-corrected chi connectivity index (χ0v) is 20.0. The van der Waals surface area contributed by atoms with E-state index in [1.807, 2.05) is 42.5 Å². The van der Waals surface area contributed by atoms with E-state index >= 15 is 0 Å². The Morgan fingerprint density at radius 2 is 1.62 bits per heavy atom. The van der Waals surface area contributed by atoms with Crippen LogP contribution in [0.2, 0.25) is 5.02 Å². The molecule has 8 heteroatoms. The molecule has 4 aromatic rings. The minimum Gasteiger partial charge on any atom is -0.495 e. The Bertz CT molecular complexity index is 1430. The Kier molecular flexibility index (Phi) is 7.05. The van der Waals surface area contributed by atoms with Crippen molar-refractivity contribution < 1.29 is 17.9 Å². The van der Waals surface area contributed by atoms with Crippen LogP contribution in [-0.2, 0) is 21.4 Å². The Labute approximate surface area is 203 Å². The van der Waals surface area contributed by atoms with E-state index in [4.69, 9.17) is 16.3 Å². The number of ether oxygens (including phenoxy) is 1. The molecule has 0 aliphatic heterocycles. The zero-order chi connectivity index (χ0) is 24.1. The van der Waals surface area contributed by atoms with Gasteiger partial charge in [0.05, 0.1) is 17.7 Å². The molecule has 1 N–H and O–H groups in total. The van der Waals surface area contributed by atoms with Gasteiger partial charge in [-0.05, 0) is 52.7 Å². The topological polar surface area (TPSA) is 75.7 Å². The number of sulfonamides is 1. The third-order valence-corrected chi connectivity index (χ3v) is 7.34. The number of benzene rings is 4. The van der Waals surface area contributed by atoms with Gasteiger partial charge in [-0.2, -0.15) is 0 Å². The summed E-state index contributed by atoms with van der Waals surface area (Å²) in [6, 6.07) is 26.4. The fourth-order valence-electron chi connectivity index (χ4n) is 3.61. The van der Waals surface area contributed by atoms with Gasteiger partial charge in [-0.25, -0.2) is 8.42 Å². The van der Waals surface area contributed by atoms with Crippen LogP contribution in [0.15, 0.2) is 95.9 Å². The van der Waals surface area contributed by atoms with Crippen LogP contribution in [0.5, 0.6) is 5.75 Å². The highest BCUT2D eigenvalue weighted by molar-refractivity contribution is 7.92. The first-order chi connectivity index (χ1) is 16.4. The van der Waals surface area contributed by atoms with E-state index in [-0.39, 0.29) is 22.9 Å². The lowest BCUT2D eigenvalue weighted by Crippen LogP contribution is -2.40. The van der Waals surface area contributed by atoms with Crippen LogP contribution in [0.1, 0.15) is 5.56 Å². The first kappa shape index (κ1) is 23.6. The number of nitrogens with zero attached hydrogens (tertiary/aromatic N) is 1. The lowest BCUT2D eigenvalue weighted by atomic mass is 10.1. The highest BCUT2D eigenvalue weighted by atomic mass is 35.5. The summed E-state index contributed by atoms with van der Waals surface area (Å²) in [5.41, 5.74) is 1.09. The molecule has 0 fully saturated rings. The molecule has 34 heavy (non-hydrogen) atoms. The van der Waals surface area contributed by atoms with Crippen LogP contribution in [0.25, 0.3) is 10.8 Å². The molecule has 0 spiro atoms. The molecular weight excluding hydrogens is 472 g/mol. The van der Waals surface area contributed by atoms with Gasteiger partial charge in [-0.3, -0.25) is 9.10 Å². The van der Waals surface area contributed by atoms with Crippen LogP contribution in [0.4, 0.5) is 5.69 Å². The number of rotatable bonds is 8. The molecule has 0 aliphatic carbocycles. The minimum absolute atomic E-state index is 0.0550. The smallest absolute Gasteiger partial charge is 0.264 e. The van der Waals surface area contributed by atoms with Crippen molar-refractivity contribution in [3.8, 4) is 5.75 Å². The van der Waals surface area contributed by atoms with Crippen molar-refractivity contribution >= 4 is 44.0 Å². The largest absolute Gasteiger partial charge is 0.495 e. The van der Waals surface area contributed by atoms with Gasteiger partial charge >= 0.3 is 0 Å². The average Bonchev–Trinajstić information content (AvgIpc) is 2.86. The summed E-state index contributed by atoms with van der Waals surface area (Å²) in [6.07, 6.45) is 0. The summed E-state index contributed by atoms with van der Waals surface area (Å²) in [5, 5.41) is 5.30. The van der Waals surface area contributed by atoms with Gasteiger partial charge in [0.1, 0.15) is 12.3 Å². The van der Waals surface area contributed by atoms with Crippen molar-refractivity contribution in [2.45, 2.75) is 11.4 Å². The van der Waals surface area contributed by atoms with Crippen molar-refractivity contribution in [2.75, 3.05) is 18.0 Å².